The van der Waals surface area contributed by atoms with E-state index < -0.39 is 5.60 Å². The summed E-state index contributed by atoms with van der Waals surface area (Å²) in [5.41, 5.74) is 0.708. The van der Waals surface area contributed by atoms with Gasteiger partial charge >= 0.3 is 6.09 Å². The maximum absolute atomic E-state index is 12.3. The first-order chi connectivity index (χ1) is 11.2. The number of halogens is 1. The highest BCUT2D eigenvalue weighted by Crippen LogP contribution is 2.22. The van der Waals surface area contributed by atoms with Gasteiger partial charge in [0.05, 0.1) is 18.7 Å². The lowest BCUT2D eigenvalue weighted by atomic mass is 10.1. The molecule has 0 bridgehead atoms. The molecule has 0 aliphatic carbocycles. The number of likely N-dealkylation sites (tertiary alicyclic amines) is 1. The van der Waals surface area contributed by atoms with Crippen molar-refractivity contribution in [3.05, 3.63) is 34.3 Å². The average Bonchev–Trinajstić information content (AvgIpc) is 2.89. The quantitative estimate of drug-likeness (QED) is 0.838. The Hall–Kier alpha value is -1.11. The normalized spacial score (nSPS) is 22.5. The zero-order valence-electron chi connectivity index (χ0n) is 15.0. The van der Waals surface area contributed by atoms with Crippen molar-refractivity contribution in [2.45, 2.75) is 51.5 Å². The summed E-state index contributed by atoms with van der Waals surface area (Å²) in [4.78, 5) is 14.0. The second-order valence-electron chi connectivity index (χ2n) is 7.21. The number of benzene rings is 1. The van der Waals surface area contributed by atoms with Gasteiger partial charge in [-0.3, -0.25) is 0 Å². The first kappa shape index (κ1) is 19.2. The van der Waals surface area contributed by atoms with E-state index in [1.54, 1.807) is 12.0 Å². The monoisotopic (exact) mass is 398 g/mol. The number of carbonyl (C=O) groups excluding carboxylic acids is 1. The van der Waals surface area contributed by atoms with E-state index in [-0.39, 0.29) is 24.3 Å². The summed E-state index contributed by atoms with van der Waals surface area (Å²) in [6, 6.07) is 8.47. The highest BCUT2D eigenvalue weighted by Gasteiger charge is 2.37. The van der Waals surface area contributed by atoms with Gasteiger partial charge < -0.3 is 19.7 Å². The predicted octanol–water partition coefficient (Wildman–Crippen LogP) is 3.73. The predicted molar refractivity (Wildman–Crippen MR) is 98.1 cm³/mol. The molecular formula is C18H27BrN2O3. The molecule has 1 aliphatic rings. The fourth-order valence-corrected chi connectivity index (χ4v) is 3.08. The van der Waals surface area contributed by atoms with Crippen LogP contribution in [-0.4, -0.2) is 48.9 Å². The van der Waals surface area contributed by atoms with Crippen LogP contribution in [-0.2, 0) is 9.47 Å². The molecule has 0 radical (unpaired) electrons. The smallest absolute Gasteiger partial charge is 0.410 e. The molecule has 6 heteroatoms. The highest BCUT2D eigenvalue weighted by atomic mass is 79.9. The van der Waals surface area contributed by atoms with Crippen LogP contribution in [0.25, 0.3) is 0 Å². The molecule has 1 N–H and O–H groups in total. The van der Waals surface area contributed by atoms with Gasteiger partial charge in [0.15, 0.2) is 0 Å². The van der Waals surface area contributed by atoms with E-state index in [2.05, 4.69) is 40.3 Å². The lowest BCUT2D eigenvalue weighted by Crippen LogP contribution is -2.41. The molecule has 5 nitrogen and oxygen atoms in total. The maximum Gasteiger partial charge on any atom is 0.410 e. The van der Waals surface area contributed by atoms with Crippen LogP contribution in [0.5, 0.6) is 0 Å². The van der Waals surface area contributed by atoms with Gasteiger partial charge in [-0.1, -0.05) is 28.1 Å². The summed E-state index contributed by atoms with van der Waals surface area (Å²) in [5.74, 6) is 0. The average molecular weight is 399 g/mol. The van der Waals surface area contributed by atoms with E-state index in [1.165, 1.54) is 5.56 Å². The van der Waals surface area contributed by atoms with Gasteiger partial charge in [0.25, 0.3) is 0 Å². The van der Waals surface area contributed by atoms with Crippen molar-refractivity contribution in [1.29, 1.82) is 0 Å². The minimum Gasteiger partial charge on any atom is -0.444 e. The topological polar surface area (TPSA) is 50.8 Å². The van der Waals surface area contributed by atoms with E-state index in [9.17, 15) is 4.79 Å². The number of nitrogens with one attached hydrogen (secondary N) is 1. The third-order valence-electron chi connectivity index (χ3n) is 4.05. The summed E-state index contributed by atoms with van der Waals surface area (Å²) >= 11 is 3.45. The van der Waals surface area contributed by atoms with Crippen molar-refractivity contribution >= 4 is 22.0 Å². The molecule has 1 saturated heterocycles. The molecule has 1 fully saturated rings. The van der Waals surface area contributed by atoms with E-state index in [4.69, 9.17) is 9.47 Å². The Morgan fingerprint density at radius 3 is 2.46 bits per heavy atom. The fraction of sp³-hybridized carbons (Fsp3) is 0.611. The van der Waals surface area contributed by atoms with Gasteiger partial charge in [-0.2, -0.15) is 0 Å². The van der Waals surface area contributed by atoms with E-state index in [1.807, 2.05) is 32.9 Å². The van der Waals surface area contributed by atoms with Crippen molar-refractivity contribution < 1.29 is 14.3 Å². The Kier molecular flexibility index (Phi) is 6.28. The number of hydrogen-bond donors (Lipinski definition) is 1. The van der Waals surface area contributed by atoms with Crippen LogP contribution in [0.1, 0.15) is 39.3 Å². The molecule has 24 heavy (non-hydrogen) atoms. The third kappa shape index (κ3) is 5.19. The van der Waals surface area contributed by atoms with Crippen LogP contribution in [0.2, 0.25) is 0 Å². The summed E-state index contributed by atoms with van der Waals surface area (Å²) < 4.78 is 12.1. The third-order valence-corrected chi connectivity index (χ3v) is 4.58. The lowest BCUT2D eigenvalue weighted by Gasteiger charge is -2.25. The Balaban J connectivity index is 1.99. The molecule has 2 rings (SSSR count). The van der Waals surface area contributed by atoms with Crippen LogP contribution in [0, 0.1) is 0 Å². The van der Waals surface area contributed by atoms with Crippen molar-refractivity contribution in [3.63, 3.8) is 0 Å². The lowest BCUT2D eigenvalue weighted by molar-refractivity contribution is 0.0252. The van der Waals surface area contributed by atoms with Crippen molar-refractivity contribution in [2.75, 3.05) is 20.2 Å². The molecule has 134 valence electrons. The fourth-order valence-electron chi connectivity index (χ4n) is 2.82. The number of amides is 1. The van der Waals surface area contributed by atoms with Gasteiger partial charge in [-0.05, 0) is 45.4 Å². The molecule has 0 spiro atoms. The number of nitrogens with zero attached hydrogens (tertiary/aromatic N) is 1. The SMILES string of the molecule is CO[C@H]1CN(C(=O)OC(C)(C)C)CC1NC(C)c1ccc(Br)cc1. The molecule has 1 amide bonds. The van der Waals surface area contributed by atoms with E-state index in [0.29, 0.717) is 13.1 Å². The summed E-state index contributed by atoms with van der Waals surface area (Å²) in [6.45, 7) is 8.86. The summed E-state index contributed by atoms with van der Waals surface area (Å²) in [7, 11) is 1.68. The van der Waals surface area contributed by atoms with Gasteiger partial charge in [0.1, 0.15) is 5.60 Å². The molecule has 1 aromatic rings. The second-order valence-corrected chi connectivity index (χ2v) is 8.12. The minimum absolute atomic E-state index is 0.0459. The molecule has 1 aromatic carbocycles. The summed E-state index contributed by atoms with van der Waals surface area (Å²) in [6.07, 6.45) is -0.333. The van der Waals surface area contributed by atoms with Gasteiger partial charge in [0, 0.05) is 24.2 Å². The van der Waals surface area contributed by atoms with Crippen LogP contribution in [0.15, 0.2) is 28.7 Å². The molecule has 2 unspecified atom stereocenters. The Labute approximate surface area is 152 Å². The number of ether oxygens (including phenoxy) is 2. The van der Waals surface area contributed by atoms with Crippen molar-refractivity contribution in [2.24, 2.45) is 0 Å². The Morgan fingerprint density at radius 1 is 1.29 bits per heavy atom. The van der Waals surface area contributed by atoms with E-state index in [0.717, 1.165) is 4.47 Å². The zero-order chi connectivity index (χ0) is 17.9. The standard InChI is InChI=1S/C18H27BrN2O3/c1-12(13-6-8-14(19)9-7-13)20-15-10-21(11-16(15)23-5)17(22)24-18(2,3)4/h6-9,12,15-16,20H,10-11H2,1-5H3/t12?,15?,16-/m0/s1. The van der Waals surface area contributed by atoms with Gasteiger partial charge in [-0.25, -0.2) is 4.79 Å². The molecule has 0 saturated carbocycles. The number of hydrogen-bond acceptors (Lipinski definition) is 4. The Morgan fingerprint density at radius 2 is 1.92 bits per heavy atom. The van der Waals surface area contributed by atoms with Crippen LogP contribution >= 0.6 is 15.9 Å². The number of carbonyl (C=O) groups is 1. The van der Waals surface area contributed by atoms with Crippen LogP contribution in [0.4, 0.5) is 4.79 Å². The van der Waals surface area contributed by atoms with Crippen LogP contribution < -0.4 is 5.32 Å². The number of methoxy groups -OCH3 is 1. The molecule has 1 aliphatic heterocycles. The Bertz CT molecular complexity index is 556. The zero-order valence-corrected chi connectivity index (χ0v) is 16.6. The largest absolute Gasteiger partial charge is 0.444 e. The second kappa shape index (κ2) is 7.85. The highest BCUT2D eigenvalue weighted by molar-refractivity contribution is 9.10. The molecule has 0 aromatic heterocycles. The van der Waals surface area contributed by atoms with Gasteiger partial charge in [-0.15, -0.1) is 0 Å². The van der Waals surface area contributed by atoms with Crippen molar-refractivity contribution in [3.8, 4) is 0 Å². The molecular weight excluding hydrogens is 372 g/mol. The molecule has 3 atom stereocenters. The van der Waals surface area contributed by atoms with Gasteiger partial charge in [0.2, 0.25) is 0 Å². The van der Waals surface area contributed by atoms with Crippen molar-refractivity contribution in [1.82, 2.24) is 10.2 Å². The minimum atomic E-state index is -0.490. The molecule has 1 heterocycles. The maximum atomic E-state index is 12.3. The van der Waals surface area contributed by atoms with E-state index >= 15 is 0 Å². The first-order valence-electron chi connectivity index (χ1n) is 8.22. The number of rotatable bonds is 4. The summed E-state index contributed by atoms with van der Waals surface area (Å²) in [5, 5.41) is 3.57. The van der Waals surface area contributed by atoms with Crippen LogP contribution in [0.3, 0.4) is 0 Å². The first-order valence-corrected chi connectivity index (χ1v) is 9.01.